The second-order valence-electron chi connectivity index (χ2n) is 8.97. The highest BCUT2D eigenvalue weighted by Crippen LogP contribution is 2.67. The van der Waals surface area contributed by atoms with E-state index >= 15 is 0 Å². The Morgan fingerprint density at radius 1 is 1.13 bits per heavy atom. The third-order valence-electron chi connectivity index (χ3n) is 8.35. The van der Waals surface area contributed by atoms with Crippen LogP contribution >= 0.6 is 0 Å². The molecule has 0 saturated heterocycles. The molecule has 0 heterocycles. The molecule has 3 fully saturated rings. The summed E-state index contributed by atoms with van der Waals surface area (Å²) in [5, 5.41) is 11.0. The lowest BCUT2D eigenvalue weighted by Crippen LogP contribution is -2.54. The van der Waals surface area contributed by atoms with Gasteiger partial charge in [0.25, 0.3) is 0 Å². The Labute approximate surface area is 139 Å². The molecule has 4 aliphatic carbocycles. The van der Waals surface area contributed by atoms with E-state index in [-0.39, 0.29) is 10.8 Å². The van der Waals surface area contributed by atoms with E-state index in [4.69, 9.17) is 6.42 Å². The van der Waals surface area contributed by atoms with E-state index in [0.717, 1.165) is 38.5 Å². The molecule has 2 nitrogen and oxygen atoms in total. The second kappa shape index (κ2) is 4.73. The van der Waals surface area contributed by atoms with Crippen LogP contribution in [0.25, 0.3) is 0 Å². The summed E-state index contributed by atoms with van der Waals surface area (Å²) in [6.45, 7) is 4.63. The average Bonchev–Trinajstić information content (AvgIpc) is 2.80. The molecule has 23 heavy (non-hydrogen) atoms. The number of ketones is 1. The average molecular weight is 312 g/mol. The second-order valence-corrected chi connectivity index (χ2v) is 8.97. The first-order valence-electron chi connectivity index (χ1n) is 9.28. The molecule has 0 bridgehead atoms. The normalized spacial score (nSPS) is 52.0. The van der Waals surface area contributed by atoms with Gasteiger partial charge in [0.15, 0.2) is 5.78 Å². The maximum atomic E-state index is 11.8. The van der Waals surface area contributed by atoms with Gasteiger partial charge in [-0.25, -0.2) is 0 Å². The smallest absolute Gasteiger partial charge is 0.155 e. The van der Waals surface area contributed by atoms with Crippen LogP contribution in [0.2, 0.25) is 0 Å². The fourth-order valence-electron chi connectivity index (χ4n) is 6.81. The van der Waals surface area contributed by atoms with Crippen molar-refractivity contribution in [2.45, 2.75) is 70.8 Å². The highest BCUT2D eigenvalue weighted by Gasteiger charge is 2.63. The quantitative estimate of drug-likeness (QED) is 0.689. The fraction of sp³-hybridized carbons (Fsp3) is 0.762. The van der Waals surface area contributed by atoms with Crippen molar-refractivity contribution in [1.29, 1.82) is 0 Å². The van der Waals surface area contributed by atoms with Crippen molar-refractivity contribution in [1.82, 2.24) is 0 Å². The summed E-state index contributed by atoms with van der Waals surface area (Å²) in [6, 6.07) is 0. The highest BCUT2D eigenvalue weighted by atomic mass is 16.3. The van der Waals surface area contributed by atoms with E-state index < -0.39 is 5.60 Å². The Balaban J connectivity index is 1.70. The predicted molar refractivity (Wildman–Crippen MR) is 90.5 cm³/mol. The maximum absolute atomic E-state index is 11.8. The number of hydrogen-bond donors (Lipinski definition) is 1. The van der Waals surface area contributed by atoms with Gasteiger partial charge in [-0.2, -0.15) is 0 Å². The maximum Gasteiger partial charge on any atom is 0.155 e. The number of aliphatic hydroxyl groups is 1. The van der Waals surface area contributed by atoms with Crippen molar-refractivity contribution >= 4 is 5.78 Å². The van der Waals surface area contributed by atoms with E-state index in [1.165, 1.54) is 12.0 Å². The Kier molecular flexibility index (Phi) is 3.18. The van der Waals surface area contributed by atoms with Crippen molar-refractivity contribution < 1.29 is 9.90 Å². The van der Waals surface area contributed by atoms with Crippen LogP contribution in [0.3, 0.4) is 0 Å². The summed E-state index contributed by atoms with van der Waals surface area (Å²) in [4.78, 5) is 11.8. The van der Waals surface area contributed by atoms with Crippen molar-refractivity contribution in [2.24, 2.45) is 28.6 Å². The number of fused-ring (bicyclic) bond motifs is 5. The minimum Gasteiger partial charge on any atom is -0.377 e. The SMILES string of the molecule is C#C[C@@]1(O)CC[C@H]2[C@@H]3CCC4=CC(=O)CC[C@]4(C)[C@H]3CC[C@@]21C. The molecule has 124 valence electrons. The van der Waals surface area contributed by atoms with Crippen LogP contribution in [0, 0.1) is 40.9 Å². The molecule has 0 amide bonds. The molecule has 0 aliphatic heterocycles. The van der Waals surface area contributed by atoms with Gasteiger partial charge in [0, 0.05) is 11.8 Å². The first-order chi connectivity index (χ1) is 10.8. The summed E-state index contributed by atoms with van der Waals surface area (Å²) < 4.78 is 0. The number of carbonyl (C=O) groups excluding carboxylic acids is 1. The van der Waals surface area contributed by atoms with Crippen LogP contribution in [-0.2, 0) is 4.79 Å². The molecule has 0 unspecified atom stereocenters. The summed E-state index contributed by atoms with van der Waals surface area (Å²) in [5.74, 6) is 4.93. The van der Waals surface area contributed by atoms with Gasteiger partial charge in [-0.1, -0.05) is 25.3 Å². The molecular formula is C21H28O2. The molecule has 0 radical (unpaired) electrons. The molecular weight excluding hydrogens is 284 g/mol. The standard InChI is InChI=1S/C21H28O2/c1-4-21(23)12-9-18-16-6-5-14-13-15(22)7-10-19(14,2)17(16)8-11-20(18,21)3/h1,13,16-18,23H,5-12H2,2-3H3/t16-,17+,18+,19+,20+,21-/m1/s1. The summed E-state index contributed by atoms with van der Waals surface area (Å²) in [6.07, 6.45) is 15.6. The Morgan fingerprint density at radius 3 is 2.61 bits per heavy atom. The zero-order chi connectivity index (χ0) is 16.5. The van der Waals surface area contributed by atoms with Crippen LogP contribution in [0.5, 0.6) is 0 Å². The minimum absolute atomic E-state index is 0.120. The lowest BCUT2D eigenvalue weighted by atomic mass is 9.46. The Bertz CT molecular complexity index is 626. The van der Waals surface area contributed by atoms with Gasteiger partial charge < -0.3 is 5.11 Å². The van der Waals surface area contributed by atoms with Gasteiger partial charge in [0.2, 0.25) is 0 Å². The molecule has 0 aromatic rings. The van der Waals surface area contributed by atoms with Crippen LogP contribution < -0.4 is 0 Å². The third kappa shape index (κ3) is 1.84. The lowest BCUT2D eigenvalue weighted by Gasteiger charge is -2.58. The van der Waals surface area contributed by atoms with E-state index in [0.29, 0.717) is 30.0 Å². The van der Waals surface area contributed by atoms with Gasteiger partial charge in [0.1, 0.15) is 5.60 Å². The van der Waals surface area contributed by atoms with Crippen molar-refractivity contribution in [2.75, 3.05) is 0 Å². The predicted octanol–water partition coefficient (Wildman–Crippen LogP) is 3.88. The largest absolute Gasteiger partial charge is 0.377 e. The van der Waals surface area contributed by atoms with Crippen LogP contribution in [0.15, 0.2) is 11.6 Å². The number of allylic oxidation sites excluding steroid dienone is 1. The van der Waals surface area contributed by atoms with Crippen molar-refractivity contribution in [3.05, 3.63) is 11.6 Å². The van der Waals surface area contributed by atoms with E-state index in [2.05, 4.69) is 19.8 Å². The molecule has 0 aromatic carbocycles. The molecule has 6 atom stereocenters. The van der Waals surface area contributed by atoms with Gasteiger partial charge >= 0.3 is 0 Å². The molecule has 4 rings (SSSR count). The van der Waals surface area contributed by atoms with Crippen LogP contribution in [0.1, 0.15) is 65.2 Å². The first-order valence-corrected chi connectivity index (χ1v) is 9.28. The van der Waals surface area contributed by atoms with Crippen LogP contribution in [0.4, 0.5) is 0 Å². The summed E-state index contributed by atoms with van der Waals surface area (Å²) >= 11 is 0. The van der Waals surface area contributed by atoms with Gasteiger partial charge in [0.05, 0.1) is 0 Å². The topological polar surface area (TPSA) is 37.3 Å². The number of terminal acetylenes is 1. The molecule has 0 aromatic heterocycles. The zero-order valence-electron chi connectivity index (χ0n) is 14.4. The lowest BCUT2D eigenvalue weighted by molar-refractivity contribution is -0.119. The molecule has 3 saturated carbocycles. The zero-order valence-corrected chi connectivity index (χ0v) is 14.4. The number of carbonyl (C=O) groups is 1. The van der Waals surface area contributed by atoms with E-state index in [1.54, 1.807) is 0 Å². The molecule has 1 N–H and O–H groups in total. The molecule has 4 aliphatic rings. The third-order valence-corrected chi connectivity index (χ3v) is 8.35. The van der Waals surface area contributed by atoms with Gasteiger partial charge in [-0.05, 0) is 74.2 Å². The van der Waals surface area contributed by atoms with Gasteiger partial charge in [-0.15, -0.1) is 6.42 Å². The molecule has 2 heteroatoms. The van der Waals surface area contributed by atoms with E-state index in [9.17, 15) is 9.90 Å². The first kappa shape index (κ1) is 15.5. The summed E-state index contributed by atoms with van der Waals surface area (Å²) in [7, 11) is 0. The fourth-order valence-corrected chi connectivity index (χ4v) is 6.81. The van der Waals surface area contributed by atoms with Crippen molar-refractivity contribution in [3.63, 3.8) is 0 Å². The summed E-state index contributed by atoms with van der Waals surface area (Å²) in [5.41, 5.74) is 0.575. The Morgan fingerprint density at radius 2 is 1.87 bits per heavy atom. The number of hydrogen-bond acceptors (Lipinski definition) is 2. The monoisotopic (exact) mass is 312 g/mol. The van der Waals surface area contributed by atoms with Crippen molar-refractivity contribution in [3.8, 4) is 12.3 Å². The number of rotatable bonds is 0. The van der Waals surface area contributed by atoms with E-state index in [1.807, 2.05) is 6.08 Å². The van der Waals surface area contributed by atoms with Crippen LogP contribution in [-0.4, -0.2) is 16.5 Å². The molecule has 0 spiro atoms. The minimum atomic E-state index is -0.914. The highest BCUT2D eigenvalue weighted by molar-refractivity contribution is 5.91. The Hall–Kier alpha value is -1.07. The van der Waals surface area contributed by atoms with Gasteiger partial charge in [-0.3, -0.25) is 4.79 Å².